The first-order valence-electron chi connectivity index (χ1n) is 18.2. The van der Waals surface area contributed by atoms with Crippen LogP contribution in [0.3, 0.4) is 0 Å². The summed E-state index contributed by atoms with van der Waals surface area (Å²) in [6.07, 6.45) is 13.4. The Balaban J connectivity index is 1.28. The zero-order valence-electron chi connectivity index (χ0n) is 28.6. The molecule has 268 valence electrons. The third-order valence-corrected chi connectivity index (χ3v) is 12.7. The number of benzene rings is 2. The first kappa shape index (κ1) is 36.2. The molecule has 1 saturated heterocycles. The van der Waals surface area contributed by atoms with Gasteiger partial charge in [0.05, 0.1) is 30.3 Å². The van der Waals surface area contributed by atoms with E-state index in [-0.39, 0.29) is 12.4 Å². The molecule has 1 amide bonds. The van der Waals surface area contributed by atoms with Gasteiger partial charge in [0, 0.05) is 30.3 Å². The third-order valence-electron chi connectivity index (χ3n) is 10.5. The molecule has 2 fully saturated rings. The number of ether oxygens (including phenoxy) is 4. The van der Waals surface area contributed by atoms with Crippen LogP contribution in [0.4, 0.5) is 5.69 Å². The van der Waals surface area contributed by atoms with Gasteiger partial charge in [-0.15, -0.1) is 0 Å². The van der Waals surface area contributed by atoms with E-state index < -0.39 is 21.2 Å². The van der Waals surface area contributed by atoms with Gasteiger partial charge in [-0.2, -0.15) is 0 Å². The Kier molecular flexibility index (Phi) is 12.6. The fraction of sp³-hybridized carbons (Fsp3) is 0.605. The van der Waals surface area contributed by atoms with E-state index in [0.717, 1.165) is 82.3 Å². The first-order valence-corrected chi connectivity index (χ1v) is 20.1. The Bertz CT molecular complexity index is 1560. The number of rotatable bonds is 6. The van der Waals surface area contributed by atoms with Crippen molar-refractivity contribution in [3.05, 3.63) is 70.3 Å². The Morgan fingerprint density at radius 2 is 1.86 bits per heavy atom. The van der Waals surface area contributed by atoms with Gasteiger partial charge >= 0.3 is 0 Å². The average molecular weight is 715 g/mol. The van der Waals surface area contributed by atoms with Gasteiger partial charge < -0.3 is 23.8 Å². The Morgan fingerprint density at radius 3 is 2.65 bits per heavy atom. The molecule has 5 atom stereocenters. The van der Waals surface area contributed by atoms with Gasteiger partial charge in [0.1, 0.15) is 12.4 Å². The molecule has 9 nitrogen and oxygen atoms in total. The molecule has 0 aromatic heterocycles. The summed E-state index contributed by atoms with van der Waals surface area (Å²) in [6.45, 7) is 5.44. The normalized spacial score (nSPS) is 28.4. The summed E-state index contributed by atoms with van der Waals surface area (Å²) in [5.74, 6) is 0.732. The van der Waals surface area contributed by atoms with Gasteiger partial charge in [0.15, 0.2) is 6.29 Å². The van der Waals surface area contributed by atoms with Crippen LogP contribution in [-0.2, 0) is 37.3 Å². The topological polar surface area (TPSA) is 103 Å². The number of carbonyl (C=O) groups is 1. The van der Waals surface area contributed by atoms with E-state index in [0.29, 0.717) is 67.3 Å². The van der Waals surface area contributed by atoms with Crippen molar-refractivity contribution in [2.75, 3.05) is 37.8 Å². The second-order valence-electron chi connectivity index (χ2n) is 13.8. The largest absolute Gasteiger partial charge is 0.487 e. The standard InChI is InChI=1S/C38H51ClN2O7S/c1-2-32-10-3-4-11-35(45-21-22-47-37-12-6-8-20-46-37)33-17-14-29(33)25-41-19-7-5-9-27-23-31(39)16-13-30(27)26-48-36-18-15-28(24-34(36)41)38(42)40-49(32,43)44/h4,11,13,15-16,18,23-24,29,32-33,35,37H,2-3,5-10,12,14,17,19-22,25-26H2,1H3,(H,40,42)/b11-4+/t29-,32+,33+,35-,37-/m0/s1. The summed E-state index contributed by atoms with van der Waals surface area (Å²) in [5.41, 5.74) is 3.38. The van der Waals surface area contributed by atoms with Crippen LogP contribution in [0.5, 0.6) is 5.75 Å². The summed E-state index contributed by atoms with van der Waals surface area (Å²) >= 11 is 6.37. The maximum Gasteiger partial charge on any atom is 0.264 e. The minimum absolute atomic E-state index is 0.107. The van der Waals surface area contributed by atoms with Crippen molar-refractivity contribution in [1.82, 2.24) is 4.72 Å². The molecule has 3 aliphatic heterocycles. The third kappa shape index (κ3) is 9.38. The summed E-state index contributed by atoms with van der Waals surface area (Å²) < 4.78 is 53.9. The van der Waals surface area contributed by atoms with Crippen LogP contribution in [0, 0.1) is 11.8 Å². The fourth-order valence-electron chi connectivity index (χ4n) is 7.51. The summed E-state index contributed by atoms with van der Waals surface area (Å²) in [5, 5.41) is 0.0220. The summed E-state index contributed by atoms with van der Waals surface area (Å²) in [6, 6.07) is 11.2. The number of hydrogen-bond donors (Lipinski definition) is 1. The molecule has 1 N–H and O–H groups in total. The van der Waals surface area contributed by atoms with Crippen molar-refractivity contribution in [3.8, 4) is 5.75 Å². The maximum atomic E-state index is 13.5. The summed E-state index contributed by atoms with van der Waals surface area (Å²) in [7, 11) is -3.90. The molecule has 0 unspecified atom stereocenters. The highest BCUT2D eigenvalue weighted by Crippen LogP contribution is 2.42. The van der Waals surface area contributed by atoms with Crippen LogP contribution in [0.25, 0.3) is 0 Å². The number of nitrogens with zero attached hydrogens (tertiary/aromatic N) is 1. The van der Waals surface area contributed by atoms with Crippen molar-refractivity contribution < 1.29 is 32.2 Å². The number of sulfonamides is 1. The van der Waals surface area contributed by atoms with E-state index in [1.54, 1.807) is 18.2 Å². The van der Waals surface area contributed by atoms with Gasteiger partial charge in [-0.3, -0.25) is 4.79 Å². The second kappa shape index (κ2) is 17.1. The molecule has 1 aliphatic carbocycles. The molecule has 0 spiro atoms. The minimum Gasteiger partial charge on any atom is -0.487 e. The van der Waals surface area contributed by atoms with Crippen molar-refractivity contribution >= 4 is 33.2 Å². The first-order chi connectivity index (χ1) is 23.8. The van der Waals surface area contributed by atoms with E-state index in [4.69, 9.17) is 30.5 Å². The highest BCUT2D eigenvalue weighted by Gasteiger charge is 2.38. The number of aryl methyl sites for hydroxylation is 1. The predicted octanol–water partition coefficient (Wildman–Crippen LogP) is 7.20. The Morgan fingerprint density at radius 1 is 0.980 bits per heavy atom. The van der Waals surface area contributed by atoms with Gasteiger partial charge in [-0.05, 0) is 124 Å². The Hall–Kier alpha value is -2.63. The molecule has 2 aromatic carbocycles. The van der Waals surface area contributed by atoms with E-state index in [2.05, 4.69) is 21.8 Å². The van der Waals surface area contributed by atoms with Crippen molar-refractivity contribution in [2.45, 2.75) is 102 Å². The second-order valence-corrected chi connectivity index (χ2v) is 16.2. The maximum absolute atomic E-state index is 13.5. The zero-order valence-corrected chi connectivity index (χ0v) is 30.2. The van der Waals surface area contributed by atoms with Gasteiger partial charge in [0.25, 0.3) is 5.91 Å². The quantitative estimate of drug-likeness (QED) is 0.248. The number of halogens is 1. The number of nitrogens with one attached hydrogen (secondary N) is 1. The number of anilines is 1. The molecular weight excluding hydrogens is 664 g/mol. The molecule has 4 aliphatic rings. The lowest BCUT2D eigenvalue weighted by Gasteiger charge is -2.44. The SMILES string of the molecule is CC[C@@H]1CC/C=C/[C@H](OCCO[C@H]2CCCCO2)[C@@H]2CC[C@H]2CN2CCCCc3cc(Cl)ccc3COc3ccc(cc32)C(=O)NS1(=O)=O. The minimum atomic E-state index is -3.90. The molecule has 3 heterocycles. The van der Waals surface area contributed by atoms with Crippen LogP contribution in [0.2, 0.25) is 5.02 Å². The number of hydrogen-bond acceptors (Lipinski definition) is 8. The number of fused-ring (bicyclic) bond motifs is 3. The predicted molar refractivity (Wildman–Crippen MR) is 192 cm³/mol. The van der Waals surface area contributed by atoms with Gasteiger partial charge in [-0.1, -0.05) is 36.7 Å². The van der Waals surface area contributed by atoms with Crippen LogP contribution in [0.1, 0.15) is 92.6 Å². The molecule has 49 heavy (non-hydrogen) atoms. The van der Waals surface area contributed by atoms with E-state index in [1.165, 1.54) is 5.56 Å². The fourth-order valence-corrected chi connectivity index (χ4v) is 9.13. The molecule has 11 heteroatoms. The number of amides is 1. The lowest BCUT2D eigenvalue weighted by Crippen LogP contribution is -2.44. The molecule has 2 aromatic rings. The van der Waals surface area contributed by atoms with Crippen LogP contribution in [0.15, 0.2) is 48.6 Å². The highest BCUT2D eigenvalue weighted by molar-refractivity contribution is 7.90. The van der Waals surface area contributed by atoms with Crippen LogP contribution in [-0.4, -0.2) is 64.9 Å². The number of carbonyl (C=O) groups excluding carboxylic acids is 1. The summed E-state index contributed by atoms with van der Waals surface area (Å²) in [4.78, 5) is 15.8. The molecule has 1 saturated carbocycles. The number of allylic oxidation sites excluding steroid dienone is 1. The lowest BCUT2D eigenvalue weighted by molar-refractivity contribution is -0.172. The van der Waals surface area contributed by atoms with Crippen molar-refractivity contribution in [2.24, 2.45) is 11.8 Å². The van der Waals surface area contributed by atoms with Gasteiger partial charge in [-0.25, -0.2) is 13.1 Å². The molecule has 2 bridgehead atoms. The average Bonchev–Trinajstić information content (AvgIpc) is 3.11. The monoisotopic (exact) mass is 714 g/mol. The van der Waals surface area contributed by atoms with Crippen molar-refractivity contribution in [1.29, 1.82) is 0 Å². The molecular formula is C38H51ClN2O7S. The van der Waals surface area contributed by atoms with E-state index >= 15 is 0 Å². The van der Waals surface area contributed by atoms with Crippen LogP contribution >= 0.6 is 11.6 Å². The van der Waals surface area contributed by atoms with Crippen molar-refractivity contribution in [3.63, 3.8) is 0 Å². The highest BCUT2D eigenvalue weighted by atomic mass is 35.5. The molecule has 6 rings (SSSR count). The van der Waals surface area contributed by atoms with Crippen LogP contribution < -0.4 is 14.4 Å². The van der Waals surface area contributed by atoms with Gasteiger partial charge in [0.2, 0.25) is 10.0 Å². The molecule has 0 radical (unpaired) electrons. The lowest BCUT2D eigenvalue weighted by atomic mass is 9.70. The Labute approximate surface area is 296 Å². The van der Waals surface area contributed by atoms with E-state index in [1.807, 2.05) is 25.1 Å². The van der Waals surface area contributed by atoms with E-state index in [9.17, 15) is 13.2 Å². The zero-order chi connectivity index (χ0) is 34.2. The smallest absolute Gasteiger partial charge is 0.264 e.